The Bertz CT molecular complexity index is 91.6. The van der Waals surface area contributed by atoms with Crippen LogP contribution in [-0.2, 0) is 0 Å². The number of aliphatic hydroxyl groups excluding tert-OH is 2. The summed E-state index contributed by atoms with van der Waals surface area (Å²) in [5, 5.41) is 17.6. The summed E-state index contributed by atoms with van der Waals surface area (Å²) < 4.78 is 0.675. The van der Waals surface area contributed by atoms with Crippen LogP contribution in [0.2, 0.25) is 0 Å². The molecule has 3 nitrogen and oxygen atoms in total. The minimum atomic E-state index is -0.290. The van der Waals surface area contributed by atoms with Gasteiger partial charge in [0.25, 0.3) is 0 Å². The number of aliphatic hydroxyl groups is 2. The van der Waals surface area contributed by atoms with Gasteiger partial charge in [0.2, 0.25) is 0 Å². The highest BCUT2D eigenvalue weighted by molar-refractivity contribution is 4.42. The van der Waals surface area contributed by atoms with Gasteiger partial charge >= 0.3 is 0 Å². The molecule has 0 spiro atoms. The Labute approximate surface area is 62.5 Å². The van der Waals surface area contributed by atoms with E-state index in [2.05, 4.69) is 0 Å². The molecular formula is C7H18NO2+. The summed E-state index contributed by atoms with van der Waals surface area (Å²) in [4.78, 5) is 0. The molecule has 0 amide bonds. The van der Waals surface area contributed by atoms with Crippen molar-refractivity contribution in [2.75, 3.05) is 33.8 Å². The Morgan fingerprint density at radius 3 is 2.20 bits per heavy atom. The number of quaternary nitrogens is 1. The second-order valence-corrected chi connectivity index (χ2v) is 3.41. The maximum Gasteiger partial charge on any atom is 0.104 e. The fourth-order valence-electron chi connectivity index (χ4n) is 1.08. The van der Waals surface area contributed by atoms with Crippen molar-refractivity contribution in [3.8, 4) is 0 Å². The highest BCUT2D eigenvalue weighted by atomic mass is 16.3. The van der Waals surface area contributed by atoms with E-state index >= 15 is 0 Å². The van der Waals surface area contributed by atoms with E-state index < -0.39 is 0 Å². The standard InChI is InChI=1S/C7H18NO2/c1-7(10)6-8(2,3)4-5-9/h7,9-10H,4-6H2,1-3H3/q+1. The lowest BCUT2D eigenvalue weighted by Crippen LogP contribution is -2.46. The van der Waals surface area contributed by atoms with Crippen molar-refractivity contribution in [2.24, 2.45) is 0 Å². The molecule has 0 saturated carbocycles. The lowest BCUT2D eigenvalue weighted by Gasteiger charge is -2.29. The zero-order valence-corrected chi connectivity index (χ0v) is 7.04. The molecule has 0 aliphatic heterocycles. The second-order valence-electron chi connectivity index (χ2n) is 3.41. The topological polar surface area (TPSA) is 40.5 Å². The maximum atomic E-state index is 9.02. The van der Waals surface area contributed by atoms with Gasteiger partial charge < -0.3 is 14.7 Å². The highest BCUT2D eigenvalue weighted by Crippen LogP contribution is 1.97. The minimum absolute atomic E-state index is 0.180. The first-order valence-electron chi connectivity index (χ1n) is 3.59. The zero-order valence-electron chi connectivity index (χ0n) is 7.04. The molecule has 0 heterocycles. The van der Waals surface area contributed by atoms with Crippen LogP contribution in [0.15, 0.2) is 0 Å². The fraction of sp³-hybridized carbons (Fsp3) is 1.00. The Morgan fingerprint density at radius 2 is 1.90 bits per heavy atom. The number of nitrogens with zero attached hydrogens (tertiary/aromatic N) is 1. The van der Waals surface area contributed by atoms with Crippen LogP contribution in [0.1, 0.15) is 6.92 Å². The fourth-order valence-corrected chi connectivity index (χ4v) is 1.08. The summed E-state index contributed by atoms with van der Waals surface area (Å²) in [5.41, 5.74) is 0. The Kier molecular flexibility index (Phi) is 3.86. The van der Waals surface area contributed by atoms with Crippen molar-refractivity contribution in [1.82, 2.24) is 0 Å². The highest BCUT2D eigenvalue weighted by Gasteiger charge is 2.16. The maximum absolute atomic E-state index is 9.02. The summed E-state index contributed by atoms with van der Waals surface area (Å²) in [6, 6.07) is 0. The van der Waals surface area contributed by atoms with Crippen LogP contribution in [0.5, 0.6) is 0 Å². The lowest BCUT2D eigenvalue weighted by molar-refractivity contribution is -0.893. The van der Waals surface area contributed by atoms with Crippen molar-refractivity contribution >= 4 is 0 Å². The molecule has 1 atom stereocenters. The molecule has 62 valence electrons. The molecule has 0 saturated heterocycles. The van der Waals surface area contributed by atoms with Gasteiger partial charge in [0.05, 0.1) is 20.7 Å². The molecule has 0 aromatic carbocycles. The van der Waals surface area contributed by atoms with Crippen LogP contribution in [0.4, 0.5) is 0 Å². The summed E-state index contributed by atoms with van der Waals surface area (Å²) in [7, 11) is 3.98. The van der Waals surface area contributed by atoms with Crippen LogP contribution in [-0.4, -0.2) is 54.6 Å². The first-order chi connectivity index (χ1) is 4.48. The SMILES string of the molecule is CC(O)C[N+](C)(C)CCO. The smallest absolute Gasteiger partial charge is 0.104 e. The van der Waals surface area contributed by atoms with E-state index in [1.807, 2.05) is 14.1 Å². The molecule has 3 heteroatoms. The molecular weight excluding hydrogens is 130 g/mol. The van der Waals surface area contributed by atoms with Crippen molar-refractivity contribution in [3.05, 3.63) is 0 Å². The molecule has 0 aromatic rings. The van der Waals surface area contributed by atoms with Gasteiger partial charge in [0, 0.05) is 0 Å². The van der Waals surface area contributed by atoms with Crippen molar-refractivity contribution in [2.45, 2.75) is 13.0 Å². The largest absolute Gasteiger partial charge is 0.391 e. The van der Waals surface area contributed by atoms with Gasteiger partial charge in [-0.2, -0.15) is 0 Å². The molecule has 2 N–H and O–H groups in total. The Balaban J connectivity index is 3.63. The molecule has 0 aromatic heterocycles. The molecule has 10 heavy (non-hydrogen) atoms. The van der Waals surface area contributed by atoms with E-state index in [0.29, 0.717) is 17.6 Å². The monoisotopic (exact) mass is 148 g/mol. The predicted octanol–water partition coefficient (Wildman–Crippen LogP) is -0.564. The van der Waals surface area contributed by atoms with Crippen molar-refractivity contribution in [1.29, 1.82) is 0 Å². The number of hydrogen-bond donors (Lipinski definition) is 2. The zero-order chi connectivity index (χ0) is 8.20. The Morgan fingerprint density at radius 1 is 1.40 bits per heavy atom. The number of rotatable bonds is 4. The third-order valence-corrected chi connectivity index (χ3v) is 1.46. The average molecular weight is 148 g/mol. The molecule has 0 aliphatic rings. The van der Waals surface area contributed by atoms with Crippen molar-refractivity contribution < 1.29 is 14.7 Å². The van der Waals surface area contributed by atoms with Gasteiger partial charge in [-0.05, 0) is 6.92 Å². The normalized spacial score (nSPS) is 15.3. The van der Waals surface area contributed by atoms with E-state index in [1.165, 1.54) is 0 Å². The van der Waals surface area contributed by atoms with Gasteiger partial charge in [-0.15, -0.1) is 0 Å². The van der Waals surface area contributed by atoms with Gasteiger partial charge in [-0.25, -0.2) is 0 Å². The predicted molar refractivity (Wildman–Crippen MR) is 40.6 cm³/mol. The molecule has 0 radical (unpaired) electrons. The summed E-state index contributed by atoms with van der Waals surface area (Å²) >= 11 is 0. The third kappa shape index (κ3) is 4.73. The Hall–Kier alpha value is -0.120. The van der Waals surface area contributed by atoms with Gasteiger partial charge in [0.15, 0.2) is 0 Å². The first-order valence-corrected chi connectivity index (χ1v) is 3.59. The molecule has 0 bridgehead atoms. The van der Waals surface area contributed by atoms with Crippen LogP contribution in [0.3, 0.4) is 0 Å². The summed E-state index contributed by atoms with van der Waals surface area (Å²) in [6.45, 7) is 3.34. The summed E-state index contributed by atoms with van der Waals surface area (Å²) in [6.07, 6.45) is -0.290. The van der Waals surface area contributed by atoms with E-state index in [4.69, 9.17) is 10.2 Å². The first kappa shape index (κ1) is 9.88. The quantitative estimate of drug-likeness (QED) is 0.524. The second kappa shape index (κ2) is 3.91. The van der Waals surface area contributed by atoms with Crippen LogP contribution < -0.4 is 0 Å². The van der Waals surface area contributed by atoms with E-state index in [1.54, 1.807) is 6.92 Å². The average Bonchev–Trinajstić information content (AvgIpc) is 1.59. The molecule has 1 unspecified atom stereocenters. The third-order valence-electron chi connectivity index (χ3n) is 1.46. The van der Waals surface area contributed by atoms with Gasteiger partial charge in [-0.3, -0.25) is 0 Å². The van der Waals surface area contributed by atoms with Crippen molar-refractivity contribution in [3.63, 3.8) is 0 Å². The summed E-state index contributed by atoms with van der Waals surface area (Å²) in [5.74, 6) is 0. The number of likely N-dealkylation sites (N-methyl/N-ethyl adjacent to an activating group) is 1. The van der Waals surface area contributed by atoms with Crippen LogP contribution in [0, 0.1) is 0 Å². The van der Waals surface area contributed by atoms with E-state index in [9.17, 15) is 0 Å². The van der Waals surface area contributed by atoms with E-state index in [0.717, 1.165) is 0 Å². The molecule has 0 rings (SSSR count). The van der Waals surface area contributed by atoms with Crippen LogP contribution >= 0.6 is 0 Å². The van der Waals surface area contributed by atoms with Gasteiger partial charge in [0.1, 0.15) is 19.2 Å². The van der Waals surface area contributed by atoms with Crippen LogP contribution in [0.25, 0.3) is 0 Å². The number of hydrogen-bond acceptors (Lipinski definition) is 2. The molecule has 0 fully saturated rings. The molecule has 0 aliphatic carbocycles. The lowest BCUT2D eigenvalue weighted by atomic mass is 10.3. The van der Waals surface area contributed by atoms with E-state index in [-0.39, 0.29) is 12.7 Å². The van der Waals surface area contributed by atoms with Gasteiger partial charge in [-0.1, -0.05) is 0 Å². The minimum Gasteiger partial charge on any atom is -0.391 e.